The van der Waals surface area contributed by atoms with Crippen LogP contribution in [0.15, 0.2) is 67.7 Å². The highest BCUT2D eigenvalue weighted by Gasteiger charge is 2.21. The fourth-order valence-electron chi connectivity index (χ4n) is 3.55. The van der Waals surface area contributed by atoms with Crippen molar-refractivity contribution in [2.45, 2.75) is 0 Å². The van der Waals surface area contributed by atoms with E-state index in [1.807, 2.05) is 0 Å². The van der Waals surface area contributed by atoms with E-state index in [1.54, 1.807) is 0 Å². The summed E-state index contributed by atoms with van der Waals surface area (Å²) >= 11 is 0. The van der Waals surface area contributed by atoms with Gasteiger partial charge in [0, 0.05) is 21.1 Å². The molecule has 2 aromatic carbocycles. The SMILES string of the molecule is Cn1nc(C(=O)O)c(=O)n(-c2ccc(F)cc2)c1=O.Cn1nnnc1NC(=O)c1nn(C)c(=O)n(-c2ccc(F)cc2)c1=O. The van der Waals surface area contributed by atoms with Gasteiger partial charge in [0.2, 0.25) is 17.3 Å². The predicted molar refractivity (Wildman–Crippen MR) is 144 cm³/mol. The third-order valence-electron chi connectivity index (χ3n) is 5.68. The Hall–Kier alpha value is -6.47. The van der Waals surface area contributed by atoms with Gasteiger partial charge in [0.15, 0.2) is 0 Å². The Bertz CT molecular complexity index is 2130. The first-order valence-electron chi connectivity index (χ1n) is 12.0. The first kappa shape index (κ1) is 30.5. The van der Waals surface area contributed by atoms with Gasteiger partial charge >= 0.3 is 17.3 Å². The van der Waals surface area contributed by atoms with Gasteiger partial charge in [0.1, 0.15) is 11.6 Å². The molecular weight excluding hydrogens is 592 g/mol. The summed E-state index contributed by atoms with van der Waals surface area (Å²) in [5.41, 5.74) is -4.79. The van der Waals surface area contributed by atoms with E-state index in [9.17, 15) is 37.5 Å². The van der Waals surface area contributed by atoms with Gasteiger partial charge in [-0.05, 0) is 59.0 Å². The van der Waals surface area contributed by atoms with Crippen LogP contribution in [0.5, 0.6) is 0 Å². The van der Waals surface area contributed by atoms with Crippen molar-refractivity contribution in [1.29, 1.82) is 0 Å². The number of carbonyl (C=O) groups excluding carboxylic acids is 1. The van der Waals surface area contributed by atoms with Gasteiger partial charge in [-0.15, -0.1) is 0 Å². The number of halogens is 2. The second kappa shape index (κ2) is 12.2. The molecule has 0 spiro atoms. The molecule has 0 atom stereocenters. The van der Waals surface area contributed by atoms with Crippen molar-refractivity contribution >= 4 is 17.8 Å². The number of carbonyl (C=O) groups is 2. The van der Waals surface area contributed by atoms with Crippen LogP contribution in [-0.2, 0) is 21.1 Å². The number of anilines is 1. The van der Waals surface area contributed by atoms with Gasteiger partial charge < -0.3 is 5.11 Å². The largest absolute Gasteiger partial charge is 0.476 e. The summed E-state index contributed by atoms with van der Waals surface area (Å²) in [6.45, 7) is 0. The van der Waals surface area contributed by atoms with E-state index in [0.717, 1.165) is 38.2 Å². The van der Waals surface area contributed by atoms with Crippen LogP contribution in [0, 0.1) is 11.6 Å². The van der Waals surface area contributed by atoms with Crippen molar-refractivity contribution in [1.82, 2.24) is 48.9 Å². The first-order valence-corrected chi connectivity index (χ1v) is 12.0. The fraction of sp³-hybridized carbons (Fsp3) is 0.125. The Balaban J connectivity index is 0.000000209. The molecule has 0 aliphatic carbocycles. The number of aromatic nitrogens is 10. The van der Waals surface area contributed by atoms with Crippen molar-refractivity contribution < 1.29 is 23.5 Å². The highest BCUT2D eigenvalue weighted by Crippen LogP contribution is 2.06. The molecule has 0 aliphatic heterocycles. The monoisotopic (exact) mass is 611 g/mol. The lowest BCUT2D eigenvalue weighted by Crippen LogP contribution is -2.43. The summed E-state index contributed by atoms with van der Waals surface area (Å²) < 4.78 is 30.0. The van der Waals surface area contributed by atoms with E-state index in [1.165, 1.54) is 50.1 Å². The number of tetrazole rings is 1. The van der Waals surface area contributed by atoms with Crippen LogP contribution in [0.2, 0.25) is 0 Å². The molecule has 3 heterocycles. The molecule has 0 saturated heterocycles. The standard InChI is InChI=1S/C13H11FN8O3.C11H8FN3O4/c1-20-12(16-18-19-20)15-10(23)9-11(24)22(13(25)21(2)17-9)8-5-3-7(14)4-6-8;1-14-11(19)15(7-4-2-6(12)3-5-7)9(16)8(13-14)10(17)18/h3-6H,1-2H3,(H,15,16,19,23);2-5H,1H3,(H,17,18). The third-order valence-corrected chi connectivity index (χ3v) is 5.68. The maximum absolute atomic E-state index is 13.1. The number of carboxylic acid groups (broad SMARTS) is 1. The smallest absolute Gasteiger partial charge is 0.362 e. The third kappa shape index (κ3) is 6.07. The molecule has 5 rings (SSSR count). The molecule has 44 heavy (non-hydrogen) atoms. The molecule has 2 N–H and O–H groups in total. The summed E-state index contributed by atoms with van der Waals surface area (Å²) in [5, 5.41) is 28.7. The highest BCUT2D eigenvalue weighted by atomic mass is 19.1. The van der Waals surface area contributed by atoms with Gasteiger partial charge in [-0.2, -0.15) is 10.2 Å². The Kier molecular flexibility index (Phi) is 8.44. The quantitative estimate of drug-likeness (QED) is 0.234. The normalized spacial score (nSPS) is 10.6. The second-order valence-electron chi connectivity index (χ2n) is 8.63. The van der Waals surface area contributed by atoms with Crippen molar-refractivity contribution in [2.24, 2.45) is 21.1 Å². The van der Waals surface area contributed by atoms with Crippen molar-refractivity contribution in [3.63, 3.8) is 0 Å². The lowest BCUT2D eigenvalue weighted by Gasteiger charge is -2.09. The summed E-state index contributed by atoms with van der Waals surface area (Å²) in [5.74, 6) is -3.52. The zero-order valence-corrected chi connectivity index (χ0v) is 22.7. The average molecular weight is 611 g/mol. The molecule has 0 saturated carbocycles. The molecule has 0 bridgehead atoms. The molecule has 226 valence electrons. The van der Waals surface area contributed by atoms with Crippen LogP contribution < -0.4 is 27.8 Å². The van der Waals surface area contributed by atoms with Gasteiger partial charge in [-0.1, -0.05) is 5.10 Å². The molecule has 0 aliphatic rings. The molecule has 20 heteroatoms. The number of hydrogen-bond donors (Lipinski definition) is 2. The zero-order valence-electron chi connectivity index (χ0n) is 22.7. The minimum absolute atomic E-state index is 0.00612. The zero-order chi connectivity index (χ0) is 32.3. The molecule has 3 aromatic heterocycles. The van der Waals surface area contributed by atoms with Gasteiger partial charge in [0.25, 0.3) is 17.0 Å². The van der Waals surface area contributed by atoms with E-state index in [0.29, 0.717) is 4.57 Å². The Morgan fingerprint density at radius 1 is 0.705 bits per heavy atom. The number of rotatable bonds is 5. The van der Waals surface area contributed by atoms with Gasteiger partial charge in [-0.3, -0.25) is 19.7 Å². The molecular formula is C24H19F2N11O7. The van der Waals surface area contributed by atoms with E-state index >= 15 is 0 Å². The van der Waals surface area contributed by atoms with Crippen LogP contribution in [-0.4, -0.2) is 65.9 Å². The van der Waals surface area contributed by atoms with Crippen LogP contribution >= 0.6 is 0 Å². The van der Waals surface area contributed by atoms with E-state index in [-0.39, 0.29) is 17.3 Å². The number of aromatic carboxylic acids is 1. The molecule has 18 nitrogen and oxygen atoms in total. The average Bonchev–Trinajstić information content (AvgIpc) is 3.38. The fourth-order valence-corrected chi connectivity index (χ4v) is 3.55. The molecule has 5 aromatic rings. The highest BCUT2D eigenvalue weighted by molar-refractivity contribution is 6.01. The lowest BCUT2D eigenvalue weighted by molar-refractivity contribution is 0.0684. The van der Waals surface area contributed by atoms with Crippen molar-refractivity contribution in [3.8, 4) is 11.4 Å². The number of aryl methyl sites for hydroxylation is 3. The number of hydrogen-bond acceptors (Lipinski definition) is 11. The van der Waals surface area contributed by atoms with Crippen LogP contribution in [0.25, 0.3) is 11.4 Å². The minimum atomic E-state index is -1.54. The first-order chi connectivity index (χ1) is 20.8. The lowest BCUT2D eigenvalue weighted by atomic mass is 10.3. The second-order valence-corrected chi connectivity index (χ2v) is 8.63. The van der Waals surface area contributed by atoms with Gasteiger partial charge in [0.05, 0.1) is 11.4 Å². The molecule has 0 fully saturated rings. The minimum Gasteiger partial charge on any atom is -0.476 e. The van der Waals surface area contributed by atoms with E-state index < -0.39 is 57.4 Å². The topological polar surface area (TPSA) is 224 Å². The molecule has 0 unspecified atom stereocenters. The predicted octanol–water partition coefficient (Wildman–Crippen LogP) is -1.39. The Morgan fingerprint density at radius 3 is 1.55 bits per heavy atom. The van der Waals surface area contributed by atoms with Gasteiger partial charge in [-0.25, -0.2) is 46.3 Å². The van der Waals surface area contributed by atoms with Crippen LogP contribution in [0.1, 0.15) is 21.0 Å². The Morgan fingerprint density at radius 2 is 1.14 bits per heavy atom. The maximum atomic E-state index is 13.1. The number of nitrogens with zero attached hydrogens (tertiary/aromatic N) is 10. The molecule has 0 radical (unpaired) electrons. The van der Waals surface area contributed by atoms with E-state index in [2.05, 4.69) is 31.0 Å². The maximum Gasteiger partial charge on any atom is 0.362 e. The summed E-state index contributed by atoms with van der Waals surface area (Å²) in [4.78, 5) is 71.7. The van der Waals surface area contributed by atoms with Crippen LogP contribution in [0.4, 0.5) is 14.7 Å². The number of amides is 1. The Labute approximate surface area is 241 Å². The summed E-state index contributed by atoms with van der Waals surface area (Å²) in [6, 6.07) is 9.18. The molecule has 1 amide bonds. The summed E-state index contributed by atoms with van der Waals surface area (Å²) in [7, 11) is 3.98. The van der Waals surface area contributed by atoms with Crippen molar-refractivity contribution in [3.05, 3.63) is 113 Å². The van der Waals surface area contributed by atoms with Crippen molar-refractivity contribution in [2.75, 3.05) is 5.32 Å². The summed E-state index contributed by atoms with van der Waals surface area (Å²) in [6.07, 6.45) is 0. The van der Waals surface area contributed by atoms with E-state index in [4.69, 9.17) is 5.11 Å². The van der Waals surface area contributed by atoms with Crippen LogP contribution in [0.3, 0.4) is 0 Å². The number of nitrogens with one attached hydrogen (secondary N) is 1. The number of benzene rings is 2. The number of carboxylic acids is 1.